The van der Waals surface area contributed by atoms with E-state index in [0.29, 0.717) is 24.3 Å². The molecule has 1 heterocycles. The number of carboxylic acids is 1. The molecule has 0 radical (unpaired) electrons. The van der Waals surface area contributed by atoms with Crippen LogP contribution in [-0.4, -0.2) is 28.8 Å². The number of ether oxygens (including phenoxy) is 1. The molecule has 19 heavy (non-hydrogen) atoms. The zero-order valence-electron chi connectivity index (χ0n) is 11.1. The van der Waals surface area contributed by atoms with Crippen LogP contribution in [0.25, 0.3) is 0 Å². The van der Waals surface area contributed by atoms with Gasteiger partial charge in [-0.3, -0.25) is 4.79 Å². The van der Waals surface area contributed by atoms with E-state index in [4.69, 9.17) is 9.84 Å². The molecule has 0 aliphatic carbocycles. The van der Waals surface area contributed by atoms with Crippen molar-refractivity contribution in [3.8, 4) is 11.5 Å². The Bertz CT molecular complexity index is 473. The lowest BCUT2D eigenvalue weighted by atomic mass is 9.98. The number of phenols is 1. The SMILES string of the molecule is CC(C)Oc1cccc(O)c1C1CC(C(=O)O)CN1. The van der Waals surface area contributed by atoms with Crippen molar-refractivity contribution in [1.82, 2.24) is 5.32 Å². The maximum atomic E-state index is 11.0. The summed E-state index contributed by atoms with van der Waals surface area (Å²) in [4.78, 5) is 11.0. The van der Waals surface area contributed by atoms with E-state index in [9.17, 15) is 9.90 Å². The number of aromatic hydroxyl groups is 1. The fraction of sp³-hybridized carbons (Fsp3) is 0.500. The van der Waals surface area contributed by atoms with Crippen molar-refractivity contribution in [1.29, 1.82) is 0 Å². The Hall–Kier alpha value is -1.75. The third kappa shape index (κ3) is 2.98. The average Bonchev–Trinajstić information content (AvgIpc) is 2.77. The highest BCUT2D eigenvalue weighted by atomic mass is 16.5. The normalized spacial score (nSPS) is 22.7. The molecule has 1 fully saturated rings. The van der Waals surface area contributed by atoms with Crippen molar-refractivity contribution in [2.45, 2.75) is 32.4 Å². The van der Waals surface area contributed by atoms with E-state index in [0.717, 1.165) is 0 Å². The third-order valence-corrected chi connectivity index (χ3v) is 3.23. The van der Waals surface area contributed by atoms with E-state index >= 15 is 0 Å². The Kier molecular flexibility index (Phi) is 3.95. The Morgan fingerprint density at radius 2 is 2.21 bits per heavy atom. The summed E-state index contributed by atoms with van der Waals surface area (Å²) >= 11 is 0. The molecule has 1 aromatic rings. The van der Waals surface area contributed by atoms with Crippen molar-refractivity contribution in [2.75, 3.05) is 6.54 Å². The van der Waals surface area contributed by atoms with Gasteiger partial charge in [0.05, 0.1) is 17.6 Å². The number of phenolic OH excluding ortho intramolecular Hbond substituents is 1. The van der Waals surface area contributed by atoms with Crippen LogP contribution in [0.5, 0.6) is 11.5 Å². The lowest BCUT2D eigenvalue weighted by Gasteiger charge is -2.19. The summed E-state index contributed by atoms with van der Waals surface area (Å²) in [5.41, 5.74) is 0.653. The van der Waals surface area contributed by atoms with E-state index in [2.05, 4.69) is 5.32 Å². The predicted octanol–water partition coefficient (Wildman–Crippen LogP) is 1.91. The predicted molar refractivity (Wildman–Crippen MR) is 70.4 cm³/mol. The topological polar surface area (TPSA) is 78.8 Å². The summed E-state index contributed by atoms with van der Waals surface area (Å²) in [5, 5.41) is 22.2. The first-order chi connectivity index (χ1) is 8.99. The van der Waals surface area contributed by atoms with E-state index in [-0.39, 0.29) is 17.9 Å². The van der Waals surface area contributed by atoms with Gasteiger partial charge in [0, 0.05) is 12.6 Å². The average molecular weight is 265 g/mol. The van der Waals surface area contributed by atoms with Crippen molar-refractivity contribution >= 4 is 5.97 Å². The second-order valence-electron chi connectivity index (χ2n) is 5.09. The highest BCUT2D eigenvalue weighted by Gasteiger charge is 2.33. The Morgan fingerprint density at radius 3 is 2.79 bits per heavy atom. The molecule has 1 aliphatic rings. The third-order valence-electron chi connectivity index (χ3n) is 3.23. The molecular formula is C14H19NO4. The highest BCUT2D eigenvalue weighted by molar-refractivity contribution is 5.71. The van der Waals surface area contributed by atoms with Gasteiger partial charge in [0.1, 0.15) is 11.5 Å². The second-order valence-corrected chi connectivity index (χ2v) is 5.09. The van der Waals surface area contributed by atoms with Gasteiger partial charge in [-0.05, 0) is 32.4 Å². The van der Waals surface area contributed by atoms with Crippen LogP contribution in [0.4, 0.5) is 0 Å². The van der Waals surface area contributed by atoms with Crippen LogP contribution in [0.2, 0.25) is 0 Å². The smallest absolute Gasteiger partial charge is 0.307 e. The molecule has 1 saturated heterocycles. The molecule has 0 aromatic heterocycles. The summed E-state index contributed by atoms with van der Waals surface area (Å²) in [6.07, 6.45) is 0.457. The van der Waals surface area contributed by atoms with Gasteiger partial charge < -0.3 is 20.3 Å². The zero-order valence-corrected chi connectivity index (χ0v) is 11.1. The molecule has 1 aliphatic heterocycles. The minimum Gasteiger partial charge on any atom is -0.507 e. The van der Waals surface area contributed by atoms with Gasteiger partial charge in [-0.25, -0.2) is 0 Å². The molecule has 0 amide bonds. The molecule has 2 atom stereocenters. The lowest BCUT2D eigenvalue weighted by Crippen LogP contribution is -2.18. The zero-order chi connectivity index (χ0) is 14.0. The van der Waals surface area contributed by atoms with Gasteiger partial charge in [-0.1, -0.05) is 6.07 Å². The van der Waals surface area contributed by atoms with Gasteiger partial charge in [0.15, 0.2) is 0 Å². The maximum Gasteiger partial charge on any atom is 0.307 e. The summed E-state index contributed by atoms with van der Waals surface area (Å²) < 4.78 is 5.69. The van der Waals surface area contributed by atoms with Crippen molar-refractivity contribution in [2.24, 2.45) is 5.92 Å². The molecule has 3 N–H and O–H groups in total. The van der Waals surface area contributed by atoms with E-state index in [1.807, 2.05) is 13.8 Å². The number of hydrogen-bond donors (Lipinski definition) is 3. The lowest BCUT2D eigenvalue weighted by molar-refractivity contribution is -0.141. The molecular weight excluding hydrogens is 246 g/mol. The molecule has 0 spiro atoms. The molecule has 2 unspecified atom stereocenters. The first-order valence-electron chi connectivity index (χ1n) is 6.43. The number of rotatable bonds is 4. The first kappa shape index (κ1) is 13.7. The summed E-state index contributed by atoms with van der Waals surface area (Å²) in [6.45, 7) is 4.24. The standard InChI is InChI=1S/C14H19NO4/c1-8(2)19-12-5-3-4-11(16)13(12)10-6-9(7-15-10)14(17)18/h3-5,8-10,15-16H,6-7H2,1-2H3,(H,17,18). The van der Waals surface area contributed by atoms with Crippen LogP contribution in [0, 0.1) is 5.92 Å². The Morgan fingerprint density at radius 1 is 1.47 bits per heavy atom. The molecule has 104 valence electrons. The van der Waals surface area contributed by atoms with Gasteiger partial charge in [0.25, 0.3) is 0 Å². The van der Waals surface area contributed by atoms with Gasteiger partial charge in [0.2, 0.25) is 0 Å². The number of carbonyl (C=O) groups is 1. The Labute approximate surface area is 112 Å². The number of hydrogen-bond acceptors (Lipinski definition) is 4. The summed E-state index contributed by atoms with van der Waals surface area (Å²) in [7, 11) is 0. The number of benzene rings is 1. The maximum absolute atomic E-state index is 11.0. The van der Waals surface area contributed by atoms with Crippen molar-refractivity contribution < 1.29 is 19.7 Å². The van der Waals surface area contributed by atoms with E-state index in [1.54, 1.807) is 18.2 Å². The molecule has 2 rings (SSSR count). The fourth-order valence-electron chi connectivity index (χ4n) is 2.38. The minimum atomic E-state index is -0.809. The summed E-state index contributed by atoms with van der Waals surface area (Å²) in [6, 6.07) is 4.93. The van der Waals surface area contributed by atoms with E-state index in [1.165, 1.54) is 0 Å². The van der Waals surface area contributed by atoms with Gasteiger partial charge >= 0.3 is 5.97 Å². The minimum absolute atomic E-state index is 0.00257. The molecule has 5 nitrogen and oxygen atoms in total. The Balaban J connectivity index is 2.26. The van der Waals surface area contributed by atoms with Gasteiger partial charge in [-0.2, -0.15) is 0 Å². The molecule has 0 bridgehead atoms. The summed E-state index contributed by atoms with van der Waals surface area (Å²) in [5.74, 6) is -0.478. The molecule has 5 heteroatoms. The highest BCUT2D eigenvalue weighted by Crippen LogP contribution is 2.39. The van der Waals surface area contributed by atoms with Crippen LogP contribution >= 0.6 is 0 Å². The number of carboxylic acid groups (broad SMARTS) is 1. The largest absolute Gasteiger partial charge is 0.507 e. The number of aliphatic carboxylic acids is 1. The second kappa shape index (κ2) is 5.48. The molecule has 0 saturated carbocycles. The molecule has 1 aromatic carbocycles. The van der Waals surface area contributed by atoms with Crippen LogP contribution in [0.1, 0.15) is 31.9 Å². The quantitative estimate of drug-likeness (QED) is 0.775. The van der Waals surface area contributed by atoms with Crippen LogP contribution in [0.15, 0.2) is 18.2 Å². The first-order valence-corrected chi connectivity index (χ1v) is 6.43. The van der Waals surface area contributed by atoms with Gasteiger partial charge in [-0.15, -0.1) is 0 Å². The number of nitrogens with one attached hydrogen (secondary N) is 1. The monoisotopic (exact) mass is 265 g/mol. The van der Waals surface area contributed by atoms with E-state index < -0.39 is 11.9 Å². The van der Waals surface area contributed by atoms with Crippen molar-refractivity contribution in [3.05, 3.63) is 23.8 Å². The van der Waals surface area contributed by atoms with Crippen LogP contribution in [0.3, 0.4) is 0 Å². The fourth-order valence-corrected chi connectivity index (χ4v) is 2.38. The van der Waals surface area contributed by atoms with Crippen LogP contribution < -0.4 is 10.1 Å². The van der Waals surface area contributed by atoms with Crippen molar-refractivity contribution in [3.63, 3.8) is 0 Å². The van der Waals surface area contributed by atoms with Crippen LogP contribution in [-0.2, 0) is 4.79 Å².